The first kappa shape index (κ1) is 27.5. The van der Waals surface area contributed by atoms with E-state index in [1.54, 1.807) is 54.9 Å². The summed E-state index contributed by atoms with van der Waals surface area (Å²) < 4.78 is 16.7. The highest BCUT2D eigenvalue weighted by atomic mass is 16.5. The van der Waals surface area contributed by atoms with Gasteiger partial charge in [0.15, 0.2) is 23.9 Å². The van der Waals surface area contributed by atoms with Gasteiger partial charge in [0.1, 0.15) is 12.4 Å². The molecule has 3 aromatic carbocycles. The van der Waals surface area contributed by atoms with Gasteiger partial charge >= 0.3 is 0 Å². The summed E-state index contributed by atoms with van der Waals surface area (Å²) in [6.07, 6.45) is 3.48. The van der Waals surface area contributed by atoms with E-state index in [4.69, 9.17) is 14.2 Å². The maximum atomic E-state index is 13.9. The summed E-state index contributed by atoms with van der Waals surface area (Å²) in [6, 6.07) is 22.5. The topological polar surface area (TPSA) is 102 Å². The SMILES string of the molecule is COc1ccc(C2C(=C([O-])c3ccc(OCc4cccc(C)c4)cc3)C(=O)C(=O)N2Cc2cc[nH+]cc2)cc1OC. The third kappa shape index (κ3) is 5.77. The van der Waals surface area contributed by atoms with E-state index in [9.17, 15) is 14.7 Å². The number of hydrogen-bond donors (Lipinski definition) is 0. The molecular weight excluding hydrogens is 520 g/mol. The summed E-state index contributed by atoms with van der Waals surface area (Å²) in [5.74, 6) is -0.576. The van der Waals surface area contributed by atoms with Gasteiger partial charge < -0.3 is 24.2 Å². The van der Waals surface area contributed by atoms with Crippen molar-refractivity contribution in [2.75, 3.05) is 14.2 Å². The number of pyridine rings is 1. The minimum Gasteiger partial charge on any atom is -0.872 e. The molecule has 1 aliphatic heterocycles. The quantitative estimate of drug-likeness (QED) is 0.178. The highest BCUT2D eigenvalue weighted by molar-refractivity contribution is 6.46. The minimum absolute atomic E-state index is 0.113. The van der Waals surface area contributed by atoms with Crippen molar-refractivity contribution in [2.24, 2.45) is 0 Å². The monoisotopic (exact) mass is 550 g/mol. The number of likely N-dealkylation sites (tertiary alicyclic amines) is 1. The number of benzene rings is 3. The fraction of sp³-hybridized carbons (Fsp3) is 0.182. The molecule has 1 amide bonds. The average Bonchev–Trinajstić information content (AvgIpc) is 3.25. The zero-order chi connectivity index (χ0) is 28.9. The smallest absolute Gasteiger partial charge is 0.295 e. The number of carbonyl (C=O) groups excluding carboxylic acids is 2. The second kappa shape index (κ2) is 12.0. The molecule has 1 saturated heterocycles. The molecule has 4 aromatic rings. The first-order valence-electron chi connectivity index (χ1n) is 13.1. The molecule has 1 fully saturated rings. The number of aryl methyl sites for hydroxylation is 1. The lowest BCUT2D eigenvalue weighted by atomic mass is 9.94. The molecule has 0 aliphatic carbocycles. The number of hydrogen-bond acceptors (Lipinski definition) is 6. The number of nitrogens with zero attached hydrogens (tertiary/aromatic N) is 1. The maximum absolute atomic E-state index is 13.9. The highest BCUT2D eigenvalue weighted by Gasteiger charge is 2.44. The molecule has 208 valence electrons. The predicted molar refractivity (Wildman–Crippen MR) is 150 cm³/mol. The second-order valence-electron chi connectivity index (χ2n) is 9.73. The fourth-order valence-corrected chi connectivity index (χ4v) is 4.95. The molecular formula is C33H30N2O6. The molecule has 2 heterocycles. The van der Waals surface area contributed by atoms with Gasteiger partial charge in [-0.15, -0.1) is 0 Å². The Morgan fingerprint density at radius 2 is 1.61 bits per heavy atom. The van der Waals surface area contributed by atoms with Gasteiger partial charge in [-0.1, -0.05) is 53.8 Å². The summed E-state index contributed by atoms with van der Waals surface area (Å²) in [5.41, 5.74) is 3.71. The first-order valence-corrected chi connectivity index (χ1v) is 13.1. The number of amides is 1. The molecule has 41 heavy (non-hydrogen) atoms. The Hall–Kier alpha value is -5.11. The number of H-pyrrole nitrogens is 1. The van der Waals surface area contributed by atoms with Crippen molar-refractivity contribution in [3.63, 3.8) is 0 Å². The summed E-state index contributed by atoms with van der Waals surface area (Å²) in [6.45, 7) is 2.54. The van der Waals surface area contributed by atoms with Crippen molar-refractivity contribution in [1.29, 1.82) is 0 Å². The van der Waals surface area contributed by atoms with Crippen LogP contribution in [0.15, 0.2) is 96.8 Å². The lowest BCUT2D eigenvalue weighted by Gasteiger charge is -2.28. The maximum Gasteiger partial charge on any atom is 0.295 e. The van der Waals surface area contributed by atoms with Gasteiger partial charge in [0.05, 0.1) is 20.3 Å². The average molecular weight is 551 g/mol. The van der Waals surface area contributed by atoms with E-state index in [0.29, 0.717) is 29.4 Å². The van der Waals surface area contributed by atoms with Gasteiger partial charge in [0.2, 0.25) is 5.78 Å². The van der Waals surface area contributed by atoms with Crippen LogP contribution in [0.2, 0.25) is 0 Å². The molecule has 0 saturated carbocycles. The molecule has 0 bridgehead atoms. The summed E-state index contributed by atoms with van der Waals surface area (Å²) >= 11 is 0. The number of nitrogens with one attached hydrogen (secondary N) is 1. The van der Waals surface area contributed by atoms with E-state index < -0.39 is 23.5 Å². The molecule has 1 aromatic heterocycles. The normalized spacial score (nSPS) is 16.1. The lowest BCUT2D eigenvalue weighted by molar-refractivity contribution is -0.378. The fourth-order valence-electron chi connectivity index (χ4n) is 4.95. The molecule has 1 unspecified atom stereocenters. The lowest BCUT2D eigenvalue weighted by Crippen LogP contribution is -2.29. The standard InChI is InChI=1S/C33H30N2O6/c1-21-5-4-6-23(17-21)20-41-26-10-7-24(8-11-26)31(36)29-30(25-9-12-27(39-2)28(18-25)40-3)35(33(38)32(29)37)19-22-13-15-34-16-14-22/h4-18,30,36H,19-20H2,1-3H3. The van der Waals surface area contributed by atoms with Crippen LogP contribution in [0.3, 0.4) is 0 Å². The van der Waals surface area contributed by atoms with Gasteiger partial charge in [-0.3, -0.25) is 9.59 Å². The number of methoxy groups -OCH3 is 2. The molecule has 8 nitrogen and oxygen atoms in total. The van der Waals surface area contributed by atoms with Crippen LogP contribution in [0.25, 0.3) is 5.76 Å². The number of ether oxygens (including phenoxy) is 3. The molecule has 1 atom stereocenters. The van der Waals surface area contributed by atoms with Crippen LogP contribution in [0, 0.1) is 6.92 Å². The summed E-state index contributed by atoms with van der Waals surface area (Å²) in [7, 11) is 3.03. The van der Waals surface area contributed by atoms with E-state index in [-0.39, 0.29) is 17.7 Å². The van der Waals surface area contributed by atoms with Crippen LogP contribution in [0.5, 0.6) is 17.2 Å². The van der Waals surface area contributed by atoms with E-state index in [1.807, 2.05) is 43.3 Å². The summed E-state index contributed by atoms with van der Waals surface area (Å²) in [5, 5.41) is 13.9. The Balaban J connectivity index is 1.51. The highest BCUT2D eigenvalue weighted by Crippen LogP contribution is 2.42. The zero-order valence-electron chi connectivity index (χ0n) is 23.0. The third-order valence-electron chi connectivity index (χ3n) is 7.00. The van der Waals surface area contributed by atoms with E-state index in [2.05, 4.69) is 4.98 Å². The largest absolute Gasteiger partial charge is 0.872 e. The number of aromatic nitrogens is 1. The molecule has 0 spiro atoms. The van der Waals surface area contributed by atoms with Gasteiger partial charge in [-0.05, 0) is 53.4 Å². The van der Waals surface area contributed by atoms with Gasteiger partial charge in [0.25, 0.3) is 5.91 Å². The van der Waals surface area contributed by atoms with Crippen LogP contribution in [0.1, 0.15) is 33.9 Å². The Morgan fingerprint density at radius 3 is 2.29 bits per heavy atom. The number of rotatable bonds is 9. The van der Waals surface area contributed by atoms with E-state index in [1.165, 1.54) is 19.1 Å². The molecule has 1 N–H and O–H groups in total. The Kier molecular flexibility index (Phi) is 8.01. The Bertz CT molecular complexity index is 1600. The van der Waals surface area contributed by atoms with Crippen LogP contribution >= 0.6 is 0 Å². The minimum atomic E-state index is -0.913. The second-order valence-corrected chi connectivity index (χ2v) is 9.73. The van der Waals surface area contributed by atoms with Crippen LogP contribution in [-0.4, -0.2) is 30.8 Å². The Labute approximate surface area is 238 Å². The van der Waals surface area contributed by atoms with Crippen LogP contribution in [0.4, 0.5) is 0 Å². The van der Waals surface area contributed by atoms with Crippen molar-refractivity contribution in [3.05, 3.63) is 125 Å². The van der Waals surface area contributed by atoms with Crippen molar-refractivity contribution in [2.45, 2.75) is 26.1 Å². The first-order chi connectivity index (χ1) is 19.9. The molecule has 0 radical (unpaired) electrons. The van der Waals surface area contributed by atoms with Gasteiger partial charge in [-0.2, -0.15) is 0 Å². The van der Waals surface area contributed by atoms with Gasteiger partial charge in [0, 0.05) is 24.3 Å². The molecule has 8 heteroatoms. The molecule has 1 aliphatic rings. The van der Waals surface area contributed by atoms with Crippen molar-refractivity contribution >= 4 is 17.4 Å². The Morgan fingerprint density at radius 1 is 0.878 bits per heavy atom. The third-order valence-corrected chi connectivity index (χ3v) is 7.00. The number of aromatic amines is 1. The summed E-state index contributed by atoms with van der Waals surface area (Å²) in [4.78, 5) is 31.1. The predicted octanol–water partition coefficient (Wildman–Crippen LogP) is 3.83. The van der Waals surface area contributed by atoms with Gasteiger partial charge in [-0.25, -0.2) is 4.98 Å². The van der Waals surface area contributed by atoms with Crippen LogP contribution in [-0.2, 0) is 22.7 Å². The number of Topliss-reactive ketones (excluding diaryl/α,β-unsaturated/α-hetero) is 1. The number of carbonyl (C=O) groups is 2. The zero-order valence-corrected chi connectivity index (χ0v) is 23.0. The molecule has 5 rings (SSSR count). The van der Waals surface area contributed by atoms with E-state index >= 15 is 0 Å². The van der Waals surface area contributed by atoms with Crippen molar-refractivity contribution in [3.8, 4) is 17.2 Å². The van der Waals surface area contributed by atoms with Crippen molar-refractivity contribution in [1.82, 2.24) is 4.90 Å². The number of ketones is 1. The van der Waals surface area contributed by atoms with Crippen LogP contribution < -0.4 is 24.3 Å². The van der Waals surface area contributed by atoms with Crippen molar-refractivity contribution < 1.29 is 33.9 Å². The van der Waals surface area contributed by atoms with E-state index in [0.717, 1.165) is 16.7 Å².